The van der Waals surface area contributed by atoms with E-state index in [0.717, 1.165) is 13.1 Å². The van der Waals surface area contributed by atoms with Crippen LogP contribution in [0.1, 0.15) is 56.4 Å². The number of carbonyl (C=O) groups is 1. The van der Waals surface area contributed by atoms with E-state index in [2.05, 4.69) is 27.5 Å². The van der Waals surface area contributed by atoms with E-state index < -0.39 is 0 Å². The molecule has 0 unspecified atom stereocenters. The van der Waals surface area contributed by atoms with Crippen LogP contribution in [0.25, 0.3) is 0 Å². The van der Waals surface area contributed by atoms with Crippen molar-refractivity contribution in [3.8, 4) is 0 Å². The van der Waals surface area contributed by atoms with Gasteiger partial charge >= 0.3 is 0 Å². The number of hydrogen-bond acceptors (Lipinski definition) is 4. The molecule has 0 aliphatic heterocycles. The van der Waals surface area contributed by atoms with Crippen molar-refractivity contribution in [3.63, 3.8) is 0 Å². The largest absolute Gasteiger partial charge is 0.369 e. The van der Waals surface area contributed by atoms with Crippen molar-refractivity contribution in [2.45, 2.75) is 46.0 Å². The lowest BCUT2D eigenvalue weighted by molar-refractivity contribution is 0.0914. The molecule has 110 valence electrons. The van der Waals surface area contributed by atoms with Gasteiger partial charge in [0, 0.05) is 13.1 Å². The highest BCUT2D eigenvalue weighted by Crippen LogP contribution is 2.34. The third kappa shape index (κ3) is 3.92. The van der Waals surface area contributed by atoms with Crippen LogP contribution < -0.4 is 10.6 Å². The van der Waals surface area contributed by atoms with Crippen molar-refractivity contribution in [3.05, 3.63) is 18.1 Å². The lowest BCUT2D eigenvalue weighted by Crippen LogP contribution is -2.37. The maximum Gasteiger partial charge on any atom is 0.271 e. The van der Waals surface area contributed by atoms with Crippen LogP contribution in [0.15, 0.2) is 12.4 Å². The summed E-state index contributed by atoms with van der Waals surface area (Å²) in [6.45, 7) is 5.76. The second-order valence-electron chi connectivity index (χ2n) is 5.87. The Morgan fingerprint density at radius 1 is 1.25 bits per heavy atom. The number of hydrogen-bond donors (Lipinski definition) is 2. The first-order chi connectivity index (χ1) is 9.63. The number of nitrogens with zero attached hydrogens (tertiary/aromatic N) is 2. The van der Waals surface area contributed by atoms with Gasteiger partial charge in [-0.05, 0) is 25.2 Å². The van der Waals surface area contributed by atoms with E-state index in [4.69, 9.17) is 0 Å². The van der Waals surface area contributed by atoms with E-state index in [0.29, 0.717) is 11.5 Å². The fourth-order valence-corrected chi connectivity index (χ4v) is 2.68. The fraction of sp³-hybridized carbons (Fsp3) is 0.667. The molecule has 5 nitrogen and oxygen atoms in total. The van der Waals surface area contributed by atoms with Crippen LogP contribution in [0, 0.1) is 5.41 Å². The molecule has 0 bridgehead atoms. The molecule has 1 fully saturated rings. The zero-order valence-electron chi connectivity index (χ0n) is 12.4. The van der Waals surface area contributed by atoms with Crippen molar-refractivity contribution >= 4 is 11.7 Å². The molecule has 1 heterocycles. The van der Waals surface area contributed by atoms with Crippen LogP contribution in [0.2, 0.25) is 0 Å². The third-order valence-electron chi connectivity index (χ3n) is 3.98. The molecule has 1 aromatic heterocycles. The number of rotatable bonds is 5. The number of nitrogens with one attached hydrogen (secondary N) is 2. The van der Waals surface area contributed by atoms with Crippen molar-refractivity contribution < 1.29 is 4.79 Å². The van der Waals surface area contributed by atoms with E-state index in [-0.39, 0.29) is 11.3 Å². The number of amides is 1. The van der Waals surface area contributed by atoms with E-state index >= 15 is 0 Å². The zero-order chi connectivity index (χ0) is 14.4. The molecule has 2 N–H and O–H groups in total. The van der Waals surface area contributed by atoms with Gasteiger partial charge in [-0.15, -0.1) is 0 Å². The first-order valence-corrected chi connectivity index (χ1v) is 7.47. The molecular formula is C15H24N4O. The lowest BCUT2D eigenvalue weighted by atomic mass is 9.76. The number of anilines is 1. The van der Waals surface area contributed by atoms with Gasteiger partial charge in [-0.2, -0.15) is 0 Å². The van der Waals surface area contributed by atoms with Crippen molar-refractivity contribution in [2.24, 2.45) is 5.41 Å². The minimum atomic E-state index is -0.132. The quantitative estimate of drug-likeness (QED) is 0.867. The fourth-order valence-electron chi connectivity index (χ4n) is 2.68. The predicted molar refractivity (Wildman–Crippen MR) is 79.7 cm³/mol. The topological polar surface area (TPSA) is 66.9 Å². The highest BCUT2D eigenvalue weighted by atomic mass is 16.1. The summed E-state index contributed by atoms with van der Waals surface area (Å²) in [5, 5.41) is 6.06. The summed E-state index contributed by atoms with van der Waals surface area (Å²) in [5.74, 6) is 0.565. The van der Waals surface area contributed by atoms with Gasteiger partial charge < -0.3 is 10.6 Å². The van der Waals surface area contributed by atoms with Crippen LogP contribution in [-0.4, -0.2) is 29.0 Å². The highest BCUT2D eigenvalue weighted by Gasteiger charge is 2.27. The maximum absolute atomic E-state index is 12.1. The van der Waals surface area contributed by atoms with Crippen LogP contribution in [0.5, 0.6) is 0 Å². The summed E-state index contributed by atoms with van der Waals surface area (Å²) in [5.41, 5.74) is 0.622. The van der Waals surface area contributed by atoms with E-state index in [1.165, 1.54) is 38.3 Å². The Kier molecular flexibility index (Phi) is 4.93. The van der Waals surface area contributed by atoms with Crippen LogP contribution in [0.3, 0.4) is 0 Å². The second kappa shape index (κ2) is 6.68. The molecule has 1 aromatic rings. The second-order valence-corrected chi connectivity index (χ2v) is 5.87. The first kappa shape index (κ1) is 14.8. The molecule has 0 saturated heterocycles. The lowest BCUT2D eigenvalue weighted by Gasteiger charge is -2.33. The van der Waals surface area contributed by atoms with Crippen LogP contribution in [-0.2, 0) is 0 Å². The molecule has 1 aliphatic carbocycles. The molecule has 0 radical (unpaired) electrons. The van der Waals surface area contributed by atoms with Gasteiger partial charge in [-0.1, -0.05) is 26.2 Å². The normalized spacial score (nSPS) is 17.5. The van der Waals surface area contributed by atoms with Crippen LogP contribution >= 0.6 is 0 Å². The number of carbonyl (C=O) groups excluding carboxylic acids is 1. The van der Waals surface area contributed by atoms with E-state index in [1.807, 2.05) is 6.92 Å². The molecule has 0 spiro atoms. The van der Waals surface area contributed by atoms with E-state index in [1.54, 1.807) is 6.20 Å². The highest BCUT2D eigenvalue weighted by molar-refractivity contribution is 5.92. The summed E-state index contributed by atoms with van der Waals surface area (Å²) in [6.07, 6.45) is 9.36. The van der Waals surface area contributed by atoms with Crippen molar-refractivity contribution in [1.82, 2.24) is 15.3 Å². The zero-order valence-corrected chi connectivity index (χ0v) is 12.4. The molecule has 1 saturated carbocycles. The third-order valence-corrected chi connectivity index (χ3v) is 3.98. The summed E-state index contributed by atoms with van der Waals surface area (Å²) >= 11 is 0. The summed E-state index contributed by atoms with van der Waals surface area (Å²) in [4.78, 5) is 20.4. The Bertz CT molecular complexity index is 438. The van der Waals surface area contributed by atoms with Crippen LogP contribution in [0.4, 0.5) is 5.82 Å². The van der Waals surface area contributed by atoms with Gasteiger partial charge in [0.1, 0.15) is 11.5 Å². The summed E-state index contributed by atoms with van der Waals surface area (Å²) in [6, 6.07) is 0. The number of aromatic nitrogens is 2. The first-order valence-electron chi connectivity index (χ1n) is 7.47. The smallest absolute Gasteiger partial charge is 0.271 e. The molecule has 20 heavy (non-hydrogen) atoms. The van der Waals surface area contributed by atoms with Crippen molar-refractivity contribution in [1.29, 1.82) is 0 Å². The minimum absolute atomic E-state index is 0.132. The SMILES string of the molecule is CCNc1cnc(C(=O)NCC2(C)CCCCC2)cn1. The van der Waals surface area contributed by atoms with Gasteiger partial charge in [0.25, 0.3) is 5.91 Å². The molecule has 1 amide bonds. The summed E-state index contributed by atoms with van der Waals surface area (Å²) in [7, 11) is 0. The average Bonchev–Trinajstić information content (AvgIpc) is 2.47. The molecule has 1 aliphatic rings. The van der Waals surface area contributed by atoms with Gasteiger partial charge in [0.15, 0.2) is 0 Å². The molecule has 0 atom stereocenters. The Hall–Kier alpha value is -1.65. The minimum Gasteiger partial charge on any atom is -0.369 e. The summed E-state index contributed by atoms with van der Waals surface area (Å²) < 4.78 is 0. The van der Waals surface area contributed by atoms with Gasteiger partial charge in [-0.25, -0.2) is 9.97 Å². The molecular weight excluding hydrogens is 252 g/mol. The molecule has 0 aromatic carbocycles. The monoisotopic (exact) mass is 276 g/mol. The Morgan fingerprint density at radius 3 is 2.60 bits per heavy atom. The average molecular weight is 276 g/mol. The molecule has 2 rings (SSSR count). The maximum atomic E-state index is 12.1. The Balaban J connectivity index is 1.87. The predicted octanol–water partition coefficient (Wildman–Crippen LogP) is 2.61. The van der Waals surface area contributed by atoms with Gasteiger partial charge in [-0.3, -0.25) is 4.79 Å². The van der Waals surface area contributed by atoms with Crippen molar-refractivity contribution in [2.75, 3.05) is 18.4 Å². The molecule has 5 heteroatoms. The standard InChI is InChI=1S/C15H24N4O/c1-3-16-13-10-17-12(9-18-13)14(20)19-11-15(2)7-5-4-6-8-15/h9-10H,3-8,11H2,1-2H3,(H,16,18)(H,19,20). The Labute approximate surface area is 120 Å². The van der Waals surface area contributed by atoms with Gasteiger partial charge in [0.2, 0.25) is 0 Å². The van der Waals surface area contributed by atoms with E-state index in [9.17, 15) is 4.79 Å². The van der Waals surface area contributed by atoms with Gasteiger partial charge in [0.05, 0.1) is 12.4 Å². The Morgan fingerprint density at radius 2 is 2.00 bits per heavy atom.